The zero-order chi connectivity index (χ0) is 25.3. The van der Waals surface area contributed by atoms with Gasteiger partial charge in [0.2, 0.25) is 15.9 Å². The number of aryl methyl sites for hydroxylation is 1. The van der Waals surface area contributed by atoms with Gasteiger partial charge in [-0.05, 0) is 54.8 Å². The second kappa shape index (κ2) is 9.67. The zero-order valence-electron chi connectivity index (χ0n) is 19.8. The number of hydrogen-bond donors (Lipinski definition) is 2. The highest BCUT2D eigenvalue weighted by atomic mass is 32.2. The van der Waals surface area contributed by atoms with E-state index in [9.17, 15) is 18.0 Å². The fraction of sp³-hybridized carbons (Fsp3) is 0.222. The Bertz CT molecular complexity index is 1610. The standard InChI is InChI=1S/C27H26N4O4S/c1-18-15-25(32)30-26(28-18)22-7-4-8-23(16-22)29-27(33)20-11-13-31(14-12-20)36(34,35)24-10-9-19-5-2-3-6-21(19)17-24/h2-10,15-17,20H,11-14H2,1H3,(H,29,33)(H,28,30,32). The lowest BCUT2D eigenvalue weighted by atomic mass is 9.97. The number of benzene rings is 3. The number of carbonyl (C=O) groups is 1. The minimum absolute atomic E-state index is 0.152. The molecule has 1 aromatic heterocycles. The van der Waals surface area contributed by atoms with Crippen LogP contribution < -0.4 is 10.9 Å². The number of fused-ring (bicyclic) bond motifs is 1. The van der Waals surface area contributed by atoms with Crippen molar-refractivity contribution in [2.75, 3.05) is 18.4 Å². The summed E-state index contributed by atoms with van der Waals surface area (Å²) in [4.78, 5) is 32.1. The van der Waals surface area contributed by atoms with Crippen molar-refractivity contribution in [2.45, 2.75) is 24.7 Å². The molecule has 0 spiro atoms. The Balaban J connectivity index is 1.25. The molecule has 4 aromatic rings. The first-order valence-corrected chi connectivity index (χ1v) is 13.2. The maximum atomic E-state index is 13.2. The van der Waals surface area contributed by atoms with Crippen molar-refractivity contribution < 1.29 is 13.2 Å². The lowest BCUT2D eigenvalue weighted by Gasteiger charge is -2.30. The average Bonchev–Trinajstić information content (AvgIpc) is 2.88. The fourth-order valence-corrected chi connectivity index (χ4v) is 6.05. The Morgan fingerprint density at radius 3 is 2.47 bits per heavy atom. The molecule has 0 radical (unpaired) electrons. The minimum Gasteiger partial charge on any atom is -0.326 e. The van der Waals surface area contributed by atoms with Crippen LogP contribution in [0.3, 0.4) is 0 Å². The highest BCUT2D eigenvalue weighted by molar-refractivity contribution is 7.89. The van der Waals surface area contributed by atoms with Crippen molar-refractivity contribution in [3.05, 3.63) is 88.8 Å². The van der Waals surface area contributed by atoms with Crippen LogP contribution >= 0.6 is 0 Å². The number of hydrogen-bond acceptors (Lipinski definition) is 5. The van der Waals surface area contributed by atoms with E-state index >= 15 is 0 Å². The van der Waals surface area contributed by atoms with E-state index < -0.39 is 10.0 Å². The van der Waals surface area contributed by atoms with Crippen molar-refractivity contribution >= 4 is 32.4 Å². The van der Waals surface area contributed by atoms with E-state index in [0.717, 1.165) is 10.8 Å². The van der Waals surface area contributed by atoms with Crippen LogP contribution in [-0.4, -0.2) is 41.7 Å². The summed E-state index contributed by atoms with van der Waals surface area (Å²) in [5.74, 6) is -0.0162. The summed E-state index contributed by atoms with van der Waals surface area (Å²) >= 11 is 0. The Labute approximate surface area is 209 Å². The summed E-state index contributed by atoms with van der Waals surface area (Å²) in [5, 5.41) is 4.79. The molecule has 1 aliphatic rings. The number of piperidine rings is 1. The molecule has 0 aliphatic carbocycles. The normalized spacial score (nSPS) is 15.1. The molecular weight excluding hydrogens is 476 g/mol. The number of H-pyrrole nitrogens is 1. The van der Waals surface area contributed by atoms with Gasteiger partial charge in [0.05, 0.1) is 4.90 Å². The predicted octanol–water partition coefficient (Wildman–Crippen LogP) is 3.94. The molecule has 2 N–H and O–H groups in total. The van der Waals surface area contributed by atoms with Crippen molar-refractivity contribution in [3.8, 4) is 11.4 Å². The molecule has 0 unspecified atom stereocenters. The highest BCUT2D eigenvalue weighted by Gasteiger charge is 2.32. The number of rotatable bonds is 5. The molecule has 3 aromatic carbocycles. The third-order valence-electron chi connectivity index (χ3n) is 6.46. The van der Waals surface area contributed by atoms with E-state index in [2.05, 4.69) is 15.3 Å². The molecule has 1 amide bonds. The molecule has 1 aliphatic heterocycles. The van der Waals surface area contributed by atoms with Gasteiger partial charge in [0.15, 0.2) is 0 Å². The minimum atomic E-state index is -3.64. The number of carbonyl (C=O) groups excluding carboxylic acids is 1. The largest absolute Gasteiger partial charge is 0.326 e. The lowest BCUT2D eigenvalue weighted by molar-refractivity contribution is -0.120. The zero-order valence-corrected chi connectivity index (χ0v) is 20.6. The molecule has 184 valence electrons. The summed E-state index contributed by atoms with van der Waals surface area (Å²) in [5.41, 5.74) is 1.64. The van der Waals surface area contributed by atoms with Crippen LogP contribution in [0.15, 0.2) is 82.5 Å². The molecule has 5 rings (SSSR count). The van der Waals surface area contributed by atoms with Crippen LogP contribution in [0, 0.1) is 12.8 Å². The van der Waals surface area contributed by atoms with Gasteiger partial charge in [-0.3, -0.25) is 9.59 Å². The van der Waals surface area contributed by atoms with Crippen molar-refractivity contribution in [2.24, 2.45) is 5.92 Å². The Morgan fingerprint density at radius 2 is 1.72 bits per heavy atom. The van der Waals surface area contributed by atoms with Gasteiger partial charge in [0, 0.05) is 42.0 Å². The van der Waals surface area contributed by atoms with Crippen LogP contribution in [-0.2, 0) is 14.8 Å². The number of aromatic amines is 1. The van der Waals surface area contributed by atoms with Gasteiger partial charge in [-0.15, -0.1) is 0 Å². The SMILES string of the molecule is Cc1cc(=O)[nH]c(-c2cccc(NC(=O)C3CCN(S(=O)(=O)c4ccc5ccccc5c4)CC3)c2)n1. The Kier molecular flexibility index (Phi) is 6.42. The maximum absolute atomic E-state index is 13.2. The summed E-state index contributed by atoms with van der Waals surface area (Å²) in [7, 11) is -3.64. The Hall–Kier alpha value is -3.82. The van der Waals surface area contributed by atoms with Gasteiger partial charge in [0.25, 0.3) is 5.56 Å². The van der Waals surface area contributed by atoms with E-state index in [1.54, 1.807) is 37.3 Å². The molecule has 1 fully saturated rings. The van der Waals surface area contributed by atoms with Gasteiger partial charge in [-0.25, -0.2) is 13.4 Å². The monoisotopic (exact) mass is 502 g/mol. The number of amides is 1. The van der Waals surface area contributed by atoms with Crippen molar-refractivity contribution in [1.82, 2.24) is 14.3 Å². The topological polar surface area (TPSA) is 112 Å². The first kappa shape index (κ1) is 23.9. The third-order valence-corrected chi connectivity index (χ3v) is 8.35. The lowest BCUT2D eigenvalue weighted by Crippen LogP contribution is -2.41. The van der Waals surface area contributed by atoms with Gasteiger partial charge < -0.3 is 10.3 Å². The number of nitrogens with one attached hydrogen (secondary N) is 2. The third kappa shape index (κ3) is 4.93. The predicted molar refractivity (Wildman–Crippen MR) is 139 cm³/mol. The quantitative estimate of drug-likeness (QED) is 0.429. The average molecular weight is 503 g/mol. The molecule has 0 saturated carbocycles. The van der Waals surface area contributed by atoms with Crippen molar-refractivity contribution in [3.63, 3.8) is 0 Å². The highest BCUT2D eigenvalue weighted by Crippen LogP contribution is 2.27. The molecular formula is C27H26N4O4S. The van der Waals surface area contributed by atoms with Gasteiger partial charge >= 0.3 is 0 Å². The molecule has 2 heterocycles. The molecule has 1 saturated heterocycles. The van der Waals surface area contributed by atoms with E-state index in [1.807, 2.05) is 36.4 Å². The summed E-state index contributed by atoms with van der Waals surface area (Å²) in [6, 6.07) is 21.3. The van der Waals surface area contributed by atoms with E-state index in [1.165, 1.54) is 10.4 Å². The van der Waals surface area contributed by atoms with Crippen LogP contribution in [0.2, 0.25) is 0 Å². The van der Waals surface area contributed by atoms with Crippen LogP contribution in [0.5, 0.6) is 0 Å². The van der Waals surface area contributed by atoms with E-state index in [4.69, 9.17) is 0 Å². The van der Waals surface area contributed by atoms with Gasteiger partial charge in [-0.1, -0.05) is 42.5 Å². The second-order valence-electron chi connectivity index (χ2n) is 8.99. The van der Waals surface area contributed by atoms with E-state index in [-0.39, 0.29) is 35.4 Å². The maximum Gasteiger partial charge on any atom is 0.251 e. The molecule has 9 heteroatoms. The Morgan fingerprint density at radius 1 is 0.972 bits per heavy atom. The van der Waals surface area contributed by atoms with Crippen molar-refractivity contribution in [1.29, 1.82) is 0 Å². The number of nitrogens with zero attached hydrogens (tertiary/aromatic N) is 2. The van der Waals surface area contributed by atoms with Crippen LogP contribution in [0.1, 0.15) is 18.5 Å². The first-order chi connectivity index (χ1) is 17.3. The molecule has 8 nitrogen and oxygen atoms in total. The summed E-state index contributed by atoms with van der Waals surface area (Å²) < 4.78 is 27.9. The smallest absolute Gasteiger partial charge is 0.251 e. The van der Waals surface area contributed by atoms with Gasteiger partial charge in [0.1, 0.15) is 5.82 Å². The van der Waals surface area contributed by atoms with Gasteiger partial charge in [-0.2, -0.15) is 4.31 Å². The van der Waals surface area contributed by atoms with E-state index in [0.29, 0.717) is 35.6 Å². The molecule has 36 heavy (non-hydrogen) atoms. The first-order valence-electron chi connectivity index (χ1n) is 11.8. The van der Waals surface area contributed by atoms with Crippen LogP contribution in [0.25, 0.3) is 22.2 Å². The summed E-state index contributed by atoms with van der Waals surface area (Å²) in [6.07, 6.45) is 0.871. The fourth-order valence-electron chi connectivity index (χ4n) is 4.54. The number of anilines is 1. The number of aromatic nitrogens is 2. The molecule has 0 atom stereocenters. The molecule has 0 bridgehead atoms. The van der Waals surface area contributed by atoms with Crippen LogP contribution in [0.4, 0.5) is 5.69 Å². The second-order valence-corrected chi connectivity index (χ2v) is 10.9. The summed E-state index contributed by atoms with van der Waals surface area (Å²) in [6.45, 7) is 2.31. The number of sulfonamides is 1.